The van der Waals surface area contributed by atoms with Gasteiger partial charge in [0.2, 0.25) is 5.91 Å². The maximum Gasteiger partial charge on any atom is 0.322 e. The van der Waals surface area contributed by atoms with Crippen LogP contribution < -0.4 is 15.5 Å². The third-order valence-corrected chi connectivity index (χ3v) is 6.09. The summed E-state index contributed by atoms with van der Waals surface area (Å²) in [5.41, 5.74) is 1.49. The number of carbonyl (C=O) groups excluding carboxylic acids is 3. The van der Waals surface area contributed by atoms with E-state index in [1.165, 1.54) is 21.9 Å². The fourth-order valence-corrected chi connectivity index (χ4v) is 4.22. The van der Waals surface area contributed by atoms with Gasteiger partial charge in [-0.3, -0.25) is 9.59 Å². The molecule has 37 heavy (non-hydrogen) atoms. The number of halogens is 1. The molecule has 0 saturated carbocycles. The lowest BCUT2D eigenvalue weighted by Crippen LogP contribution is -2.45. The van der Waals surface area contributed by atoms with Crippen molar-refractivity contribution in [2.45, 2.75) is 18.6 Å². The van der Waals surface area contributed by atoms with Crippen molar-refractivity contribution in [3.05, 3.63) is 66.5 Å². The van der Waals surface area contributed by atoms with Crippen LogP contribution in [0.4, 0.5) is 26.2 Å². The lowest BCUT2D eigenvalue weighted by Gasteiger charge is -2.27. The molecule has 0 radical (unpaired) electrons. The number of carbonyl (C=O) groups is 3. The Morgan fingerprint density at radius 3 is 2.70 bits per heavy atom. The summed E-state index contributed by atoms with van der Waals surface area (Å²) in [5, 5.41) is 5.33. The van der Waals surface area contributed by atoms with Gasteiger partial charge in [-0.15, -0.1) is 13.0 Å². The van der Waals surface area contributed by atoms with E-state index in [0.29, 0.717) is 30.1 Å². The largest absolute Gasteiger partial charge is 0.372 e. The lowest BCUT2D eigenvalue weighted by atomic mass is 10.1. The number of morpholine rings is 1. The van der Waals surface area contributed by atoms with E-state index in [2.05, 4.69) is 23.1 Å². The van der Waals surface area contributed by atoms with E-state index in [4.69, 9.17) is 15.9 Å². The molecule has 192 valence electrons. The maximum atomic E-state index is 14.9. The van der Waals surface area contributed by atoms with Crippen LogP contribution in [0.15, 0.2) is 55.1 Å². The predicted molar refractivity (Wildman–Crippen MR) is 137 cm³/mol. The van der Waals surface area contributed by atoms with Gasteiger partial charge in [0.15, 0.2) is 0 Å². The van der Waals surface area contributed by atoms with E-state index in [1.807, 2.05) is 0 Å². The summed E-state index contributed by atoms with van der Waals surface area (Å²) in [4.78, 5) is 41.1. The van der Waals surface area contributed by atoms with Crippen molar-refractivity contribution in [1.82, 2.24) is 4.90 Å². The molecule has 0 unspecified atom stereocenters. The van der Waals surface area contributed by atoms with E-state index >= 15 is 0 Å². The number of hydrogen-bond acceptors (Lipinski definition) is 5. The molecular formula is C27H27FN4O5. The van der Waals surface area contributed by atoms with E-state index in [-0.39, 0.29) is 37.8 Å². The van der Waals surface area contributed by atoms with Crippen LogP contribution in [-0.2, 0) is 19.1 Å². The van der Waals surface area contributed by atoms with Crippen molar-refractivity contribution in [2.75, 3.05) is 48.4 Å². The van der Waals surface area contributed by atoms with Crippen molar-refractivity contribution >= 4 is 34.9 Å². The number of ether oxygens (including phenoxy) is 2. The number of benzene rings is 2. The van der Waals surface area contributed by atoms with Gasteiger partial charge in [-0.05, 0) is 42.5 Å². The van der Waals surface area contributed by atoms with E-state index in [9.17, 15) is 18.8 Å². The Bertz CT molecular complexity index is 1230. The first-order valence-electron chi connectivity index (χ1n) is 11.7. The summed E-state index contributed by atoms with van der Waals surface area (Å²) >= 11 is 0. The third kappa shape index (κ3) is 6.14. The SMILES string of the molecule is C#Cc1ccc(NC(=O)N2C[C@H](OCC=C)C[C@@H]2C(=O)Nc2ccc(N3CCOCC3=O)cc2F)cc1. The molecule has 2 aliphatic heterocycles. The highest BCUT2D eigenvalue weighted by Gasteiger charge is 2.40. The second-order valence-electron chi connectivity index (χ2n) is 8.55. The first-order chi connectivity index (χ1) is 17.9. The van der Waals surface area contributed by atoms with Crippen LogP contribution in [-0.4, -0.2) is 67.8 Å². The lowest BCUT2D eigenvalue weighted by molar-refractivity contribution is -0.125. The van der Waals surface area contributed by atoms with Crippen molar-refractivity contribution in [2.24, 2.45) is 0 Å². The molecule has 2 N–H and O–H groups in total. The number of anilines is 3. The van der Waals surface area contributed by atoms with Gasteiger partial charge in [0.1, 0.15) is 18.5 Å². The van der Waals surface area contributed by atoms with Crippen LogP contribution in [0.5, 0.6) is 0 Å². The Morgan fingerprint density at radius 1 is 1.24 bits per heavy atom. The summed E-state index contributed by atoms with van der Waals surface area (Å²) in [6.45, 7) is 4.66. The number of likely N-dealkylation sites (tertiary alicyclic amines) is 1. The molecule has 0 spiro atoms. The van der Waals surface area contributed by atoms with Crippen LogP contribution in [0, 0.1) is 18.2 Å². The second-order valence-corrected chi connectivity index (χ2v) is 8.55. The molecule has 0 bridgehead atoms. The highest BCUT2D eigenvalue weighted by Crippen LogP contribution is 2.27. The number of rotatable bonds is 7. The van der Waals surface area contributed by atoms with Gasteiger partial charge in [0, 0.05) is 36.4 Å². The third-order valence-electron chi connectivity index (χ3n) is 6.09. The number of nitrogens with zero attached hydrogens (tertiary/aromatic N) is 2. The zero-order valence-corrected chi connectivity index (χ0v) is 20.1. The molecule has 0 aromatic heterocycles. The van der Waals surface area contributed by atoms with Gasteiger partial charge < -0.3 is 29.9 Å². The number of nitrogens with one attached hydrogen (secondary N) is 2. The molecule has 4 amide bonds. The fraction of sp³-hybridized carbons (Fsp3) is 0.296. The molecule has 2 aromatic rings. The van der Waals surface area contributed by atoms with Gasteiger partial charge in [-0.1, -0.05) is 12.0 Å². The van der Waals surface area contributed by atoms with Gasteiger partial charge >= 0.3 is 6.03 Å². The highest BCUT2D eigenvalue weighted by molar-refractivity contribution is 6.00. The smallest absolute Gasteiger partial charge is 0.322 e. The van der Waals surface area contributed by atoms with Gasteiger partial charge in [0.05, 0.1) is 25.0 Å². The van der Waals surface area contributed by atoms with Gasteiger partial charge in [-0.25, -0.2) is 9.18 Å². The van der Waals surface area contributed by atoms with E-state index in [1.54, 1.807) is 36.4 Å². The molecule has 2 atom stereocenters. The van der Waals surface area contributed by atoms with Crippen molar-refractivity contribution in [3.8, 4) is 12.3 Å². The van der Waals surface area contributed by atoms with Crippen LogP contribution in [0.3, 0.4) is 0 Å². The van der Waals surface area contributed by atoms with E-state index in [0.717, 1.165) is 0 Å². The molecular weight excluding hydrogens is 479 g/mol. The summed E-state index contributed by atoms with van der Waals surface area (Å²) in [5.74, 6) is 0.976. The Balaban J connectivity index is 1.47. The standard InChI is InChI=1S/C27H27FN4O5/c1-3-12-37-21-15-24(32(16-21)27(35)29-19-7-5-18(4-2)6-8-19)26(34)30-23-10-9-20(14-22(23)28)31-11-13-36-17-25(31)33/h2-3,5-10,14,21,24H,1,11-13,15-17H2,(H,29,35)(H,30,34)/t21-,24-/m1/s1. The number of hydrogen-bond donors (Lipinski definition) is 2. The monoisotopic (exact) mass is 506 g/mol. The van der Waals surface area contributed by atoms with Crippen molar-refractivity contribution < 1.29 is 28.2 Å². The Kier molecular flexibility index (Phi) is 8.18. The Labute approximate surface area is 214 Å². The molecule has 2 aliphatic rings. The zero-order valence-electron chi connectivity index (χ0n) is 20.1. The Hall–Kier alpha value is -4.20. The summed E-state index contributed by atoms with van der Waals surface area (Å²) in [6, 6.07) is 9.45. The highest BCUT2D eigenvalue weighted by atomic mass is 19.1. The minimum Gasteiger partial charge on any atom is -0.372 e. The van der Waals surface area contributed by atoms with Gasteiger partial charge in [-0.2, -0.15) is 0 Å². The van der Waals surface area contributed by atoms with Gasteiger partial charge in [0.25, 0.3) is 5.91 Å². The number of terminal acetylenes is 1. The molecule has 10 heteroatoms. The molecule has 9 nitrogen and oxygen atoms in total. The normalized spacial score (nSPS) is 19.3. The predicted octanol–water partition coefficient (Wildman–Crippen LogP) is 2.99. The van der Waals surface area contributed by atoms with E-state index < -0.39 is 29.9 Å². The molecule has 2 fully saturated rings. The minimum absolute atomic E-state index is 0.0600. The van der Waals surface area contributed by atoms with Crippen molar-refractivity contribution in [1.29, 1.82) is 0 Å². The molecule has 2 aromatic carbocycles. The average molecular weight is 507 g/mol. The zero-order chi connectivity index (χ0) is 26.4. The van der Waals surface area contributed by atoms with Crippen LogP contribution in [0.1, 0.15) is 12.0 Å². The molecule has 2 saturated heterocycles. The van der Waals surface area contributed by atoms with Crippen molar-refractivity contribution in [3.63, 3.8) is 0 Å². The molecule has 2 heterocycles. The summed E-state index contributed by atoms with van der Waals surface area (Å²) < 4.78 is 25.7. The Morgan fingerprint density at radius 2 is 2.03 bits per heavy atom. The topological polar surface area (TPSA) is 100 Å². The fourth-order valence-electron chi connectivity index (χ4n) is 4.22. The summed E-state index contributed by atoms with van der Waals surface area (Å²) in [6.07, 6.45) is 6.79. The van der Waals surface area contributed by atoms with Crippen LogP contribution in [0.25, 0.3) is 0 Å². The molecule has 4 rings (SSSR count). The maximum absolute atomic E-state index is 14.9. The summed E-state index contributed by atoms with van der Waals surface area (Å²) in [7, 11) is 0. The van der Waals surface area contributed by atoms with Crippen LogP contribution >= 0.6 is 0 Å². The first kappa shape index (κ1) is 25.9. The minimum atomic E-state index is -0.903. The molecule has 0 aliphatic carbocycles. The number of urea groups is 1. The first-order valence-corrected chi connectivity index (χ1v) is 11.7. The quantitative estimate of drug-likeness (QED) is 0.444. The van der Waals surface area contributed by atoms with Crippen LogP contribution in [0.2, 0.25) is 0 Å². The second kappa shape index (κ2) is 11.7. The average Bonchev–Trinajstić information content (AvgIpc) is 3.34. The number of amides is 4.